The molecule has 2 heterocycles. The zero-order valence-corrected chi connectivity index (χ0v) is 8.99. The number of hydrogen-bond donors (Lipinski definition) is 1. The van der Waals surface area contributed by atoms with Gasteiger partial charge in [0.05, 0.1) is 6.04 Å². The van der Waals surface area contributed by atoms with E-state index < -0.39 is 0 Å². The van der Waals surface area contributed by atoms with E-state index in [0.717, 1.165) is 32.7 Å². The van der Waals surface area contributed by atoms with Crippen LogP contribution in [0.4, 0.5) is 4.79 Å². The van der Waals surface area contributed by atoms with Crippen LogP contribution in [-0.2, 0) is 0 Å². The molecule has 0 aromatic heterocycles. The maximum absolute atomic E-state index is 11.9. The van der Waals surface area contributed by atoms with Crippen molar-refractivity contribution in [3.8, 4) is 0 Å². The molecule has 80 valence electrons. The number of nitrogens with zero attached hydrogens (tertiary/aromatic N) is 2. The third-order valence-electron chi connectivity index (χ3n) is 2.88. The Kier molecular flexibility index (Phi) is 2.63. The molecular weight excluding hydrogens is 178 g/mol. The SMILES string of the molecule is CC(C)CN1C[C@H]2CNCCN2C1=O. The molecule has 2 amide bonds. The van der Waals surface area contributed by atoms with Gasteiger partial charge in [-0.2, -0.15) is 0 Å². The van der Waals surface area contributed by atoms with Gasteiger partial charge in [0.2, 0.25) is 0 Å². The van der Waals surface area contributed by atoms with E-state index in [0.29, 0.717) is 12.0 Å². The van der Waals surface area contributed by atoms with Crippen LogP contribution in [0, 0.1) is 5.92 Å². The number of hydrogen-bond acceptors (Lipinski definition) is 2. The number of rotatable bonds is 2. The van der Waals surface area contributed by atoms with Crippen LogP contribution in [0.3, 0.4) is 0 Å². The molecule has 4 heteroatoms. The second-order valence-corrected chi connectivity index (χ2v) is 4.63. The fourth-order valence-electron chi connectivity index (χ4n) is 2.28. The Bertz CT molecular complexity index is 229. The van der Waals surface area contributed by atoms with E-state index in [1.54, 1.807) is 0 Å². The quantitative estimate of drug-likeness (QED) is 0.693. The Labute approximate surface area is 85.2 Å². The molecule has 0 aromatic carbocycles. The third kappa shape index (κ3) is 1.71. The second kappa shape index (κ2) is 3.77. The predicted octanol–water partition coefficient (Wildman–Crippen LogP) is 0.352. The van der Waals surface area contributed by atoms with Crippen molar-refractivity contribution in [3.05, 3.63) is 0 Å². The second-order valence-electron chi connectivity index (χ2n) is 4.63. The number of amides is 2. The fraction of sp³-hybridized carbons (Fsp3) is 0.900. The van der Waals surface area contributed by atoms with Crippen LogP contribution in [0.25, 0.3) is 0 Å². The van der Waals surface area contributed by atoms with Gasteiger partial charge in [-0.15, -0.1) is 0 Å². The Morgan fingerprint density at radius 3 is 3.00 bits per heavy atom. The number of urea groups is 1. The van der Waals surface area contributed by atoms with E-state index in [1.165, 1.54) is 0 Å². The summed E-state index contributed by atoms with van der Waals surface area (Å²) in [5, 5.41) is 3.33. The third-order valence-corrected chi connectivity index (χ3v) is 2.88. The highest BCUT2D eigenvalue weighted by atomic mass is 16.2. The summed E-state index contributed by atoms with van der Waals surface area (Å²) in [6.45, 7) is 8.89. The Morgan fingerprint density at radius 2 is 2.36 bits per heavy atom. The smallest absolute Gasteiger partial charge is 0.320 e. The minimum atomic E-state index is 0.241. The van der Waals surface area contributed by atoms with Crippen molar-refractivity contribution in [1.82, 2.24) is 15.1 Å². The van der Waals surface area contributed by atoms with Crippen molar-refractivity contribution in [2.24, 2.45) is 5.92 Å². The first kappa shape index (κ1) is 9.77. The first-order valence-corrected chi connectivity index (χ1v) is 5.44. The summed E-state index contributed by atoms with van der Waals surface area (Å²) in [5.74, 6) is 0.563. The maximum atomic E-state index is 11.9. The molecule has 0 spiro atoms. The predicted molar refractivity (Wildman–Crippen MR) is 55.2 cm³/mol. The van der Waals surface area contributed by atoms with Gasteiger partial charge in [-0.25, -0.2) is 4.79 Å². The molecule has 0 unspecified atom stereocenters. The largest absolute Gasteiger partial charge is 0.322 e. The summed E-state index contributed by atoms with van der Waals surface area (Å²) in [7, 11) is 0. The average molecular weight is 197 g/mol. The van der Waals surface area contributed by atoms with E-state index in [9.17, 15) is 4.79 Å². The van der Waals surface area contributed by atoms with Crippen molar-refractivity contribution in [2.75, 3.05) is 32.7 Å². The lowest BCUT2D eigenvalue weighted by Crippen LogP contribution is -2.49. The maximum Gasteiger partial charge on any atom is 0.320 e. The molecule has 0 bridgehead atoms. The normalized spacial score (nSPS) is 27.4. The first-order valence-electron chi connectivity index (χ1n) is 5.44. The first-order chi connectivity index (χ1) is 6.68. The summed E-state index contributed by atoms with van der Waals surface area (Å²) < 4.78 is 0. The van der Waals surface area contributed by atoms with Crippen LogP contribution in [0.5, 0.6) is 0 Å². The van der Waals surface area contributed by atoms with Gasteiger partial charge in [0.25, 0.3) is 0 Å². The Morgan fingerprint density at radius 1 is 1.57 bits per heavy atom. The lowest BCUT2D eigenvalue weighted by molar-refractivity contribution is 0.177. The highest BCUT2D eigenvalue weighted by Gasteiger charge is 2.38. The summed E-state index contributed by atoms with van der Waals surface area (Å²) >= 11 is 0. The molecule has 2 aliphatic heterocycles. The molecule has 0 aliphatic carbocycles. The number of carbonyl (C=O) groups excluding carboxylic acids is 1. The van der Waals surface area contributed by atoms with Gasteiger partial charge in [0, 0.05) is 32.7 Å². The van der Waals surface area contributed by atoms with Crippen molar-refractivity contribution >= 4 is 6.03 Å². The van der Waals surface area contributed by atoms with Crippen molar-refractivity contribution in [1.29, 1.82) is 0 Å². The highest BCUT2D eigenvalue weighted by molar-refractivity contribution is 5.77. The van der Waals surface area contributed by atoms with Crippen LogP contribution in [0.2, 0.25) is 0 Å². The average Bonchev–Trinajstić information content (AvgIpc) is 2.44. The molecule has 1 N–H and O–H groups in total. The Hall–Kier alpha value is -0.770. The number of nitrogens with one attached hydrogen (secondary N) is 1. The van der Waals surface area contributed by atoms with Gasteiger partial charge in [0.1, 0.15) is 0 Å². The summed E-state index contributed by atoms with van der Waals surface area (Å²) in [4.78, 5) is 15.9. The monoisotopic (exact) mass is 197 g/mol. The minimum Gasteiger partial charge on any atom is -0.322 e. The molecule has 0 aromatic rings. The zero-order valence-electron chi connectivity index (χ0n) is 8.99. The van der Waals surface area contributed by atoms with Gasteiger partial charge >= 0.3 is 6.03 Å². The van der Waals surface area contributed by atoms with Crippen molar-refractivity contribution in [2.45, 2.75) is 19.9 Å². The fourth-order valence-corrected chi connectivity index (χ4v) is 2.28. The van der Waals surface area contributed by atoms with Gasteiger partial charge in [-0.3, -0.25) is 0 Å². The highest BCUT2D eigenvalue weighted by Crippen LogP contribution is 2.18. The number of carbonyl (C=O) groups is 1. The number of piperazine rings is 1. The molecule has 0 radical (unpaired) electrons. The van der Waals surface area contributed by atoms with E-state index in [2.05, 4.69) is 19.2 Å². The Balaban J connectivity index is 1.99. The van der Waals surface area contributed by atoms with Crippen LogP contribution >= 0.6 is 0 Å². The topological polar surface area (TPSA) is 35.6 Å². The molecule has 2 saturated heterocycles. The van der Waals surface area contributed by atoms with Crippen LogP contribution in [0.15, 0.2) is 0 Å². The molecule has 14 heavy (non-hydrogen) atoms. The van der Waals surface area contributed by atoms with E-state index >= 15 is 0 Å². The summed E-state index contributed by atoms with van der Waals surface area (Å²) in [5.41, 5.74) is 0. The summed E-state index contributed by atoms with van der Waals surface area (Å²) in [6.07, 6.45) is 0. The van der Waals surface area contributed by atoms with Gasteiger partial charge in [0.15, 0.2) is 0 Å². The lowest BCUT2D eigenvalue weighted by atomic mass is 10.2. The van der Waals surface area contributed by atoms with Crippen LogP contribution in [0.1, 0.15) is 13.8 Å². The van der Waals surface area contributed by atoms with Crippen LogP contribution < -0.4 is 5.32 Å². The summed E-state index contributed by atoms with van der Waals surface area (Å²) in [6, 6.07) is 0.653. The van der Waals surface area contributed by atoms with E-state index in [-0.39, 0.29) is 6.03 Å². The minimum absolute atomic E-state index is 0.241. The van der Waals surface area contributed by atoms with Gasteiger partial charge in [-0.05, 0) is 5.92 Å². The lowest BCUT2D eigenvalue weighted by Gasteiger charge is -2.28. The molecule has 0 saturated carbocycles. The molecular formula is C10H19N3O. The van der Waals surface area contributed by atoms with Crippen molar-refractivity contribution < 1.29 is 4.79 Å². The zero-order chi connectivity index (χ0) is 10.1. The molecule has 1 atom stereocenters. The molecule has 2 fully saturated rings. The van der Waals surface area contributed by atoms with E-state index in [4.69, 9.17) is 0 Å². The van der Waals surface area contributed by atoms with E-state index in [1.807, 2.05) is 9.80 Å². The van der Waals surface area contributed by atoms with Crippen LogP contribution in [-0.4, -0.2) is 54.6 Å². The van der Waals surface area contributed by atoms with Gasteiger partial charge < -0.3 is 15.1 Å². The van der Waals surface area contributed by atoms with Crippen molar-refractivity contribution in [3.63, 3.8) is 0 Å². The molecule has 4 nitrogen and oxygen atoms in total. The molecule has 2 aliphatic rings. The number of fused-ring (bicyclic) bond motifs is 1. The molecule has 2 rings (SSSR count). The van der Waals surface area contributed by atoms with Gasteiger partial charge in [-0.1, -0.05) is 13.8 Å². The standard InChI is InChI=1S/C10H19N3O/c1-8(2)6-12-7-9-5-11-3-4-13(9)10(12)14/h8-9,11H,3-7H2,1-2H3/t9-/m1/s1.